The third kappa shape index (κ3) is 2.60. The monoisotopic (exact) mass is 267 g/mol. The number of hydrogen-bond acceptors (Lipinski definition) is 3. The van der Waals surface area contributed by atoms with Crippen molar-refractivity contribution in [2.24, 2.45) is 0 Å². The molecule has 1 aromatic heterocycles. The quantitative estimate of drug-likeness (QED) is 0.872. The predicted octanol–water partition coefficient (Wildman–Crippen LogP) is 3.67. The van der Waals surface area contributed by atoms with Crippen LogP contribution in [-0.2, 0) is 0 Å². The average molecular weight is 268 g/mol. The number of thiophene rings is 1. The van der Waals surface area contributed by atoms with Crippen molar-refractivity contribution in [2.45, 2.75) is 6.92 Å². The zero-order valence-electron chi connectivity index (χ0n) is 9.03. The Hall–Kier alpha value is -1.52. The molecule has 2 aromatic rings. The summed E-state index contributed by atoms with van der Waals surface area (Å²) in [6, 6.07) is 6.38. The van der Waals surface area contributed by atoms with E-state index in [1.54, 1.807) is 12.1 Å². The lowest BCUT2D eigenvalue weighted by Gasteiger charge is -2.04. The molecule has 2 N–H and O–H groups in total. The van der Waals surface area contributed by atoms with Crippen molar-refractivity contribution in [1.29, 1.82) is 0 Å². The van der Waals surface area contributed by atoms with Gasteiger partial charge in [-0.25, -0.2) is 0 Å². The third-order valence-electron chi connectivity index (χ3n) is 2.21. The first kappa shape index (κ1) is 12.0. The second-order valence-corrected chi connectivity index (χ2v) is 4.82. The van der Waals surface area contributed by atoms with Crippen LogP contribution < -0.4 is 5.32 Å². The molecule has 88 valence electrons. The molecule has 0 spiro atoms. The molecular formula is C12H10ClNO2S. The maximum absolute atomic E-state index is 11.9. The van der Waals surface area contributed by atoms with Gasteiger partial charge in [0.15, 0.2) is 0 Å². The molecule has 0 saturated heterocycles. The normalized spacial score (nSPS) is 10.2. The molecule has 1 heterocycles. The molecule has 0 unspecified atom stereocenters. The molecule has 0 saturated carbocycles. The van der Waals surface area contributed by atoms with E-state index in [1.165, 1.54) is 23.5 Å². The molecule has 0 aliphatic rings. The van der Waals surface area contributed by atoms with E-state index in [0.717, 1.165) is 5.56 Å². The Balaban J connectivity index is 2.20. The molecule has 0 aliphatic carbocycles. The summed E-state index contributed by atoms with van der Waals surface area (Å²) in [5.41, 5.74) is 1.43. The number of phenols is 1. The SMILES string of the molecule is Cc1csc(C(=O)Nc2cccc(O)c2)c1Cl. The van der Waals surface area contributed by atoms with Gasteiger partial charge in [0.2, 0.25) is 0 Å². The van der Waals surface area contributed by atoms with Gasteiger partial charge in [-0.2, -0.15) is 0 Å². The predicted molar refractivity (Wildman–Crippen MR) is 70.1 cm³/mol. The summed E-state index contributed by atoms with van der Waals surface area (Å²) >= 11 is 7.30. The summed E-state index contributed by atoms with van der Waals surface area (Å²) in [5, 5.41) is 14.3. The lowest BCUT2D eigenvalue weighted by Crippen LogP contribution is -2.10. The third-order valence-corrected chi connectivity index (χ3v) is 3.91. The Labute approximate surface area is 108 Å². The molecule has 3 nitrogen and oxygen atoms in total. The number of anilines is 1. The standard InChI is InChI=1S/C12H10ClNO2S/c1-7-6-17-11(10(7)13)12(16)14-8-3-2-4-9(15)5-8/h2-6,15H,1H3,(H,14,16). The van der Waals surface area contributed by atoms with Crippen LogP contribution in [-0.4, -0.2) is 11.0 Å². The largest absolute Gasteiger partial charge is 0.508 e. The number of benzene rings is 1. The molecular weight excluding hydrogens is 258 g/mol. The Kier molecular flexibility index (Phi) is 3.36. The van der Waals surface area contributed by atoms with Crippen molar-refractivity contribution < 1.29 is 9.90 Å². The summed E-state index contributed by atoms with van der Waals surface area (Å²) < 4.78 is 0. The van der Waals surface area contributed by atoms with Crippen LogP contribution in [0.4, 0.5) is 5.69 Å². The molecule has 1 amide bonds. The lowest BCUT2D eigenvalue weighted by molar-refractivity contribution is 0.103. The van der Waals surface area contributed by atoms with Gasteiger partial charge in [0, 0.05) is 11.8 Å². The average Bonchev–Trinajstić information content (AvgIpc) is 2.60. The molecule has 2 rings (SSSR count). The van der Waals surface area contributed by atoms with E-state index < -0.39 is 0 Å². The van der Waals surface area contributed by atoms with Crippen LogP contribution in [0.2, 0.25) is 5.02 Å². The fourth-order valence-corrected chi connectivity index (χ4v) is 2.53. The molecule has 0 atom stereocenters. The first-order valence-corrected chi connectivity index (χ1v) is 6.17. The maximum atomic E-state index is 11.9. The van der Waals surface area contributed by atoms with Crippen molar-refractivity contribution in [3.05, 3.63) is 45.1 Å². The zero-order chi connectivity index (χ0) is 12.4. The van der Waals surface area contributed by atoms with Crippen molar-refractivity contribution in [2.75, 3.05) is 5.32 Å². The van der Waals surface area contributed by atoms with E-state index in [2.05, 4.69) is 5.32 Å². The number of halogens is 1. The molecule has 5 heteroatoms. The Morgan fingerprint density at radius 1 is 1.47 bits per heavy atom. The van der Waals surface area contributed by atoms with Gasteiger partial charge in [-0.15, -0.1) is 11.3 Å². The van der Waals surface area contributed by atoms with Gasteiger partial charge in [-0.3, -0.25) is 4.79 Å². The zero-order valence-corrected chi connectivity index (χ0v) is 10.6. The number of amides is 1. The number of aryl methyl sites for hydroxylation is 1. The van der Waals surface area contributed by atoms with Crippen LogP contribution in [0.25, 0.3) is 0 Å². The molecule has 0 radical (unpaired) electrons. The van der Waals surface area contributed by atoms with E-state index in [-0.39, 0.29) is 11.7 Å². The summed E-state index contributed by atoms with van der Waals surface area (Å²) in [4.78, 5) is 12.4. The molecule has 17 heavy (non-hydrogen) atoms. The van der Waals surface area contributed by atoms with E-state index in [9.17, 15) is 9.90 Å². The van der Waals surface area contributed by atoms with Gasteiger partial charge < -0.3 is 10.4 Å². The minimum atomic E-state index is -0.265. The summed E-state index contributed by atoms with van der Waals surface area (Å²) in [7, 11) is 0. The highest BCUT2D eigenvalue weighted by molar-refractivity contribution is 7.13. The van der Waals surface area contributed by atoms with E-state index in [1.807, 2.05) is 12.3 Å². The molecule has 1 aromatic carbocycles. The highest BCUT2D eigenvalue weighted by Gasteiger charge is 2.14. The Morgan fingerprint density at radius 3 is 2.82 bits per heavy atom. The number of nitrogens with one attached hydrogen (secondary N) is 1. The van der Waals surface area contributed by atoms with Gasteiger partial charge in [-0.05, 0) is 30.0 Å². The summed E-state index contributed by atoms with van der Waals surface area (Å²) in [5.74, 6) is -0.157. The van der Waals surface area contributed by atoms with Crippen LogP contribution in [0.3, 0.4) is 0 Å². The van der Waals surface area contributed by atoms with Gasteiger partial charge >= 0.3 is 0 Å². The van der Waals surface area contributed by atoms with Gasteiger partial charge in [0.05, 0.1) is 5.02 Å². The number of phenolic OH excluding ortho intramolecular Hbond substituents is 1. The lowest BCUT2D eigenvalue weighted by atomic mass is 10.3. The topological polar surface area (TPSA) is 49.3 Å². The van der Waals surface area contributed by atoms with E-state index in [4.69, 9.17) is 11.6 Å². The highest BCUT2D eigenvalue weighted by atomic mass is 35.5. The summed E-state index contributed by atoms with van der Waals surface area (Å²) in [6.07, 6.45) is 0. The minimum absolute atomic E-state index is 0.108. The number of rotatable bonds is 2. The molecule has 0 fully saturated rings. The number of carbonyl (C=O) groups excluding carboxylic acids is 1. The van der Waals surface area contributed by atoms with Crippen LogP contribution in [0.5, 0.6) is 5.75 Å². The smallest absolute Gasteiger partial charge is 0.267 e. The number of aromatic hydroxyl groups is 1. The first-order valence-electron chi connectivity index (χ1n) is 4.92. The fourth-order valence-electron chi connectivity index (χ4n) is 1.35. The fraction of sp³-hybridized carbons (Fsp3) is 0.0833. The van der Waals surface area contributed by atoms with E-state index in [0.29, 0.717) is 15.6 Å². The van der Waals surface area contributed by atoms with Crippen LogP contribution in [0.15, 0.2) is 29.6 Å². The van der Waals surface area contributed by atoms with Gasteiger partial charge in [-0.1, -0.05) is 17.7 Å². The van der Waals surface area contributed by atoms with Crippen LogP contribution in [0.1, 0.15) is 15.2 Å². The van der Waals surface area contributed by atoms with Crippen LogP contribution >= 0.6 is 22.9 Å². The second-order valence-electron chi connectivity index (χ2n) is 3.57. The second kappa shape index (κ2) is 4.77. The summed E-state index contributed by atoms with van der Waals surface area (Å²) in [6.45, 7) is 1.85. The van der Waals surface area contributed by atoms with Crippen LogP contribution in [0, 0.1) is 6.92 Å². The number of carbonyl (C=O) groups is 1. The number of hydrogen-bond donors (Lipinski definition) is 2. The van der Waals surface area contributed by atoms with Crippen molar-refractivity contribution in [1.82, 2.24) is 0 Å². The minimum Gasteiger partial charge on any atom is -0.508 e. The Morgan fingerprint density at radius 2 is 2.24 bits per heavy atom. The van der Waals surface area contributed by atoms with Crippen molar-refractivity contribution in [3.63, 3.8) is 0 Å². The molecule has 0 bridgehead atoms. The van der Waals surface area contributed by atoms with Gasteiger partial charge in [0.25, 0.3) is 5.91 Å². The maximum Gasteiger partial charge on any atom is 0.267 e. The Bertz CT molecular complexity index is 565. The first-order chi connectivity index (χ1) is 8.08. The highest BCUT2D eigenvalue weighted by Crippen LogP contribution is 2.28. The molecule has 0 aliphatic heterocycles. The van der Waals surface area contributed by atoms with Gasteiger partial charge in [0.1, 0.15) is 10.6 Å². The van der Waals surface area contributed by atoms with Crippen molar-refractivity contribution >= 4 is 34.5 Å². The van der Waals surface area contributed by atoms with Crippen molar-refractivity contribution in [3.8, 4) is 5.75 Å². The van der Waals surface area contributed by atoms with E-state index >= 15 is 0 Å².